The molecular formula is C19H31IN6O2S. The fourth-order valence-corrected chi connectivity index (χ4v) is 3.56. The van der Waals surface area contributed by atoms with Crippen molar-refractivity contribution in [2.45, 2.75) is 45.4 Å². The average Bonchev–Trinajstić information content (AvgIpc) is 3.43. The van der Waals surface area contributed by atoms with Crippen molar-refractivity contribution in [1.29, 1.82) is 0 Å². The molecule has 0 bridgehead atoms. The Kier molecular flexibility index (Phi) is 10.3. The molecule has 2 unspecified atom stereocenters. The van der Waals surface area contributed by atoms with Crippen molar-refractivity contribution >= 4 is 41.3 Å². The van der Waals surface area contributed by atoms with Crippen LogP contribution in [0.15, 0.2) is 22.5 Å². The zero-order chi connectivity index (χ0) is 19.8. The zero-order valence-electron chi connectivity index (χ0n) is 17.3. The second kappa shape index (κ2) is 12.5. The van der Waals surface area contributed by atoms with E-state index >= 15 is 0 Å². The van der Waals surface area contributed by atoms with Gasteiger partial charge in [0.2, 0.25) is 0 Å². The van der Waals surface area contributed by atoms with Gasteiger partial charge in [-0.05, 0) is 38.1 Å². The Morgan fingerprint density at radius 2 is 2.34 bits per heavy atom. The summed E-state index contributed by atoms with van der Waals surface area (Å²) in [5, 5.41) is 17.2. The lowest BCUT2D eigenvalue weighted by atomic mass is 10.3. The summed E-state index contributed by atoms with van der Waals surface area (Å²) in [4.78, 5) is 6.06. The van der Waals surface area contributed by atoms with Crippen LogP contribution >= 0.6 is 35.3 Å². The van der Waals surface area contributed by atoms with Crippen molar-refractivity contribution in [1.82, 2.24) is 25.4 Å². The summed E-state index contributed by atoms with van der Waals surface area (Å²) in [5.74, 6) is 2.48. The van der Waals surface area contributed by atoms with E-state index in [2.05, 4.69) is 45.3 Å². The quantitative estimate of drug-likeness (QED) is 0.292. The zero-order valence-corrected chi connectivity index (χ0v) is 20.4. The molecule has 0 spiro atoms. The highest BCUT2D eigenvalue weighted by atomic mass is 127. The van der Waals surface area contributed by atoms with Gasteiger partial charge in [0.15, 0.2) is 11.8 Å². The summed E-state index contributed by atoms with van der Waals surface area (Å²) in [6.45, 7) is 7.41. The third-order valence-corrected chi connectivity index (χ3v) is 5.59. The molecule has 2 N–H and O–H groups in total. The van der Waals surface area contributed by atoms with Gasteiger partial charge in [-0.1, -0.05) is 6.07 Å². The standard InChI is InChI=1S/C19H30N6O2S.HI/c1-14(12-27-16-7-9-26-13-16)22-19(20-8-6-17-5-4-10-28-17)21-11-18-24-23-15(2)25(18)3;/h4-5,10,14,16H,6-9,11-13H2,1-3H3,(H2,20,21,22);1H. The molecule has 2 atom stereocenters. The SMILES string of the molecule is Cc1nnc(CN=C(NCCc2cccs2)NC(C)COC2CCOC2)n1C.I. The van der Waals surface area contributed by atoms with E-state index in [9.17, 15) is 0 Å². The molecule has 1 fully saturated rings. The van der Waals surface area contributed by atoms with E-state index in [1.54, 1.807) is 11.3 Å². The van der Waals surface area contributed by atoms with Gasteiger partial charge in [-0.15, -0.1) is 45.5 Å². The van der Waals surface area contributed by atoms with Gasteiger partial charge in [-0.2, -0.15) is 0 Å². The maximum Gasteiger partial charge on any atom is 0.192 e. The number of aromatic nitrogens is 3. The number of hydrogen-bond acceptors (Lipinski definition) is 6. The van der Waals surface area contributed by atoms with Crippen LogP contribution in [-0.4, -0.2) is 59.2 Å². The molecule has 1 aliphatic rings. The highest BCUT2D eigenvalue weighted by Crippen LogP contribution is 2.09. The maximum absolute atomic E-state index is 5.92. The second-order valence-electron chi connectivity index (χ2n) is 7.01. The Labute approximate surface area is 193 Å². The molecule has 0 saturated carbocycles. The lowest BCUT2D eigenvalue weighted by Crippen LogP contribution is -2.45. The van der Waals surface area contributed by atoms with Crippen LogP contribution in [0.25, 0.3) is 0 Å². The van der Waals surface area contributed by atoms with Gasteiger partial charge in [0.05, 0.1) is 19.3 Å². The number of ether oxygens (including phenoxy) is 2. The summed E-state index contributed by atoms with van der Waals surface area (Å²) in [6, 6.07) is 4.37. The smallest absolute Gasteiger partial charge is 0.192 e. The molecule has 162 valence electrons. The molecule has 0 aliphatic carbocycles. The Balaban J connectivity index is 0.00000300. The third kappa shape index (κ3) is 7.83. The highest BCUT2D eigenvalue weighted by Gasteiger charge is 2.17. The number of aryl methyl sites for hydroxylation is 1. The fourth-order valence-electron chi connectivity index (χ4n) is 2.85. The van der Waals surface area contributed by atoms with Crippen molar-refractivity contribution < 1.29 is 9.47 Å². The van der Waals surface area contributed by atoms with Gasteiger partial charge < -0.3 is 24.7 Å². The van der Waals surface area contributed by atoms with E-state index in [0.717, 1.165) is 43.6 Å². The molecule has 2 aromatic heterocycles. The second-order valence-corrected chi connectivity index (χ2v) is 8.04. The number of rotatable bonds is 9. The van der Waals surface area contributed by atoms with Gasteiger partial charge in [0, 0.05) is 31.1 Å². The Bertz CT molecular complexity index is 746. The topological polar surface area (TPSA) is 85.6 Å². The average molecular weight is 534 g/mol. The fraction of sp³-hybridized carbons (Fsp3) is 0.632. The van der Waals surface area contributed by atoms with Crippen molar-refractivity contribution in [3.8, 4) is 0 Å². The molecule has 3 rings (SSSR count). The molecule has 3 heterocycles. The van der Waals surface area contributed by atoms with Gasteiger partial charge in [-0.25, -0.2) is 4.99 Å². The lowest BCUT2D eigenvalue weighted by molar-refractivity contribution is 0.0347. The first-order chi connectivity index (χ1) is 13.6. The van der Waals surface area contributed by atoms with Crippen LogP contribution < -0.4 is 10.6 Å². The Morgan fingerprint density at radius 1 is 1.48 bits per heavy atom. The molecule has 1 saturated heterocycles. The van der Waals surface area contributed by atoms with Crippen LogP contribution in [0.2, 0.25) is 0 Å². The molecular weight excluding hydrogens is 503 g/mol. The number of nitrogens with zero attached hydrogens (tertiary/aromatic N) is 4. The van der Waals surface area contributed by atoms with E-state index in [1.165, 1.54) is 4.88 Å². The van der Waals surface area contributed by atoms with Gasteiger partial charge in [0.25, 0.3) is 0 Å². The molecule has 10 heteroatoms. The van der Waals surface area contributed by atoms with E-state index in [4.69, 9.17) is 14.5 Å². The van der Waals surface area contributed by atoms with Gasteiger partial charge in [0.1, 0.15) is 12.4 Å². The number of thiophene rings is 1. The third-order valence-electron chi connectivity index (χ3n) is 4.66. The highest BCUT2D eigenvalue weighted by molar-refractivity contribution is 14.0. The van der Waals surface area contributed by atoms with E-state index in [1.807, 2.05) is 18.5 Å². The normalized spacial score (nSPS) is 17.8. The minimum absolute atomic E-state index is 0. The molecule has 0 aromatic carbocycles. The summed E-state index contributed by atoms with van der Waals surface area (Å²) in [6.07, 6.45) is 2.14. The summed E-state index contributed by atoms with van der Waals surface area (Å²) in [7, 11) is 1.96. The first-order valence-corrected chi connectivity index (χ1v) is 10.6. The van der Waals surface area contributed by atoms with Crippen molar-refractivity contribution in [3.63, 3.8) is 0 Å². The molecule has 0 amide bonds. The number of nitrogens with one attached hydrogen (secondary N) is 2. The number of hydrogen-bond donors (Lipinski definition) is 2. The first-order valence-electron chi connectivity index (χ1n) is 9.73. The molecule has 8 nitrogen and oxygen atoms in total. The van der Waals surface area contributed by atoms with Gasteiger partial charge in [-0.3, -0.25) is 0 Å². The molecule has 2 aromatic rings. The predicted octanol–water partition coefficient (Wildman–Crippen LogP) is 2.27. The van der Waals surface area contributed by atoms with Crippen LogP contribution in [0.1, 0.15) is 29.9 Å². The largest absolute Gasteiger partial charge is 0.379 e. The van der Waals surface area contributed by atoms with Crippen molar-refractivity contribution in [2.75, 3.05) is 26.4 Å². The molecule has 0 radical (unpaired) electrons. The lowest BCUT2D eigenvalue weighted by Gasteiger charge is -2.20. The Hall–Kier alpha value is -1.24. The van der Waals surface area contributed by atoms with Crippen LogP contribution in [0.5, 0.6) is 0 Å². The minimum atomic E-state index is 0. The van der Waals surface area contributed by atoms with E-state index in [0.29, 0.717) is 19.8 Å². The molecule has 29 heavy (non-hydrogen) atoms. The summed E-state index contributed by atoms with van der Waals surface area (Å²) < 4.78 is 13.2. The van der Waals surface area contributed by atoms with Crippen molar-refractivity contribution in [3.05, 3.63) is 34.0 Å². The van der Waals surface area contributed by atoms with E-state index in [-0.39, 0.29) is 36.1 Å². The monoisotopic (exact) mass is 534 g/mol. The first kappa shape index (κ1) is 24.0. The van der Waals surface area contributed by atoms with Crippen LogP contribution in [0.4, 0.5) is 0 Å². The van der Waals surface area contributed by atoms with E-state index < -0.39 is 0 Å². The minimum Gasteiger partial charge on any atom is -0.379 e. The maximum atomic E-state index is 5.92. The Morgan fingerprint density at radius 3 is 3.00 bits per heavy atom. The van der Waals surface area contributed by atoms with Gasteiger partial charge >= 0.3 is 0 Å². The van der Waals surface area contributed by atoms with Crippen LogP contribution in [0.3, 0.4) is 0 Å². The van der Waals surface area contributed by atoms with Crippen LogP contribution in [0, 0.1) is 6.92 Å². The predicted molar refractivity (Wildman–Crippen MR) is 126 cm³/mol. The van der Waals surface area contributed by atoms with Crippen molar-refractivity contribution in [2.24, 2.45) is 12.0 Å². The number of guanidine groups is 1. The van der Waals surface area contributed by atoms with Crippen LogP contribution in [-0.2, 0) is 29.5 Å². The molecule has 1 aliphatic heterocycles. The number of halogens is 1. The summed E-state index contributed by atoms with van der Waals surface area (Å²) in [5.41, 5.74) is 0. The number of aliphatic imine (C=N–C) groups is 1. The summed E-state index contributed by atoms with van der Waals surface area (Å²) >= 11 is 1.77.